The van der Waals surface area contributed by atoms with Gasteiger partial charge in [-0.05, 0) is 84.7 Å². The molecule has 0 amide bonds. The summed E-state index contributed by atoms with van der Waals surface area (Å²) in [5.41, 5.74) is 11.1. The van der Waals surface area contributed by atoms with E-state index < -0.39 is 0 Å². The van der Waals surface area contributed by atoms with Crippen molar-refractivity contribution in [2.24, 2.45) is 7.05 Å². The van der Waals surface area contributed by atoms with Gasteiger partial charge in [0, 0.05) is 18.8 Å². The molecule has 1 aliphatic carbocycles. The summed E-state index contributed by atoms with van der Waals surface area (Å²) in [6.45, 7) is 4.47. The molecule has 116 valence electrons. The third-order valence-electron chi connectivity index (χ3n) is 5.06. The molecule has 0 aliphatic heterocycles. The minimum absolute atomic E-state index is 1.17. The van der Waals surface area contributed by atoms with E-state index in [4.69, 9.17) is 0 Å². The maximum absolute atomic E-state index is 4.30. The molecule has 1 aromatic heterocycles. The topological polar surface area (TPSA) is 17.8 Å². The summed E-state index contributed by atoms with van der Waals surface area (Å²) in [5, 5.41) is 4.30. The summed E-state index contributed by atoms with van der Waals surface area (Å²) in [4.78, 5) is 0. The Kier molecular flexibility index (Phi) is 3.33. The molecule has 0 saturated heterocycles. The summed E-state index contributed by atoms with van der Waals surface area (Å²) in [7, 11) is 2.00. The molecule has 0 bridgehead atoms. The Labute approximate surface area is 137 Å². The molecule has 2 heteroatoms. The second-order valence-corrected chi connectivity index (χ2v) is 6.62. The van der Waals surface area contributed by atoms with Gasteiger partial charge in [0.15, 0.2) is 0 Å². The van der Waals surface area contributed by atoms with Crippen molar-refractivity contribution in [3.05, 3.63) is 64.8 Å². The molecule has 2 nitrogen and oxygen atoms in total. The van der Waals surface area contributed by atoms with Crippen LogP contribution in [0.5, 0.6) is 0 Å². The SMILES string of the molecule is Cc1cc(-c2ccnn2C)cc(C)c1-c1cccc2c1CCC2. The largest absolute Gasteiger partial charge is 0.268 e. The van der Waals surface area contributed by atoms with Crippen LogP contribution in [0.2, 0.25) is 0 Å². The summed E-state index contributed by atoms with van der Waals surface area (Å²) in [6.07, 6.45) is 5.60. The average molecular weight is 302 g/mol. The van der Waals surface area contributed by atoms with E-state index in [9.17, 15) is 0 Å². The van der Waals surface area contributed by atoms with Crippen molar-refractivity contribution in [1.29, 1.82) is 0 Å². The maximum atomic E-state index is 4.30. The Morgan fingerprint density at radius 2 is 1.78 bits per heavy atom. The number of benzene rings is 2. The summed E-state index contributed by atoms with van der Waals surface area (Å²) in [6, 6.07) is 13.5. The highest BCUT2D eigenvalue weighted by Gasteiger charge is 2.18. The second kappa shape index (κ2) is 5.38. The molecule has 0 unspecified atom stereocenters. The number of hydrogen-bond donors (Lipinski definition) is 0. The van der Waals surface area contributed by atoms with Gasteiger partial charge in [0.2, 0.25) is 0 Å². The first-order chi connectivity index (χ1) is 11.1. The number of aromatic nitrogens is 2. The fraction of sp³-hybridized carbons (Fsp3) is 0.286. The van der Waals surface area contributed by atoms with E-state index in [1.807, 2.05) is 17.9 Å². The molecule has 4 rings (SSSR count). The lowest BCUT2D eigenvalue weighted by Crippen LogP contribution is -1.97. The quantitative estimate of drug-likeness (QED) is 0.661. The fourth-order valence-electron chi connectivity index (χ4n) is 4.05. The number of aryl methyl sites for hydroxylation is 4. The second-order valence-electron chi connectivity index (χ2n) is 6.62. The van der Waals surface area contributed by atoms with Crippen molar-refractivity contribution in [2.75, 3.05) is 0 Å². The third-order valence-corrected chi connectivity index (χ3v) is 5.06. The van der Waals surface area contributed by atoms with E-state index >= 15 is 0 Å². The molecule has 0 N–H and O–H groups in total. The molecular weight excluding hydrogens is 280 g/mol. The molecule has 0 atom stereocenters. The monoisotopic (exact) mass is 302 g/mol. The number of nitrogens with zero attached hydrogens (tertiary/aromatic N) is 2. The molecule has 1 aliphatic rings. The van der Waals surface area contributed by atoms with Crippen molar-refractivity contribution in [3.8, 4) is 22.4 Å². The fourth-order valence-corrected chi connectivity index (χ4v) is 4.05. The molecule has 0 radical (unpaired) electrons. The van der Waals surface area contributed by atoms with E-state index in [0.717, 1.165) is 0 Å². The standard InChI is InChI=1S/C21H22N2/c1-14-12-17(20-10-11-22-23(20)3)13-15(2)21(14)19-9-5-7-16-6-4-8-18(16)19/h5,7,9-13H,4,6,8H2,1-3H3. The first kappa shape index (κ1) is 14.3. The number of fused-ring (bicyclic) bond motifs is 1. The minimum Gasteiger partial charge on any atom is -0.268 e. The molecule has 1 heterocycles. The highest BCUT2D eigenvalue weighted by molar-refractivity contribution is 5.78. The lowest BCUT2D eigenvalue weighted by atomic mass is 9.89. The van der Waals surface area contributed by atoms with Crippen LogP contribution in [0, 0.1) is 13.8 Å². The zero-order valence-corrected chi connectivity index (χ0v) is 14.1. The van der Waals surface area contributed by atoms with Crippen LogP contribution in [0.3, 0.4) is 0 Å². The van der Waals surface area contributed by atoms with E-state index in [1.54, 1.807) is 5.56 Å². The van der Waals surface area contributed by atoms with Gasteiger partial charge in [0.25, 0.3) is 0 Å². The van der Waals surface area contributed by atoms with E-state index in [1.165, 1.54) is 58.3 Å². The maximum Gasteiger partial charge on any atom is 0.0679 e. The normalized spacial score (nSPS) is 13.3. The van der Waals surface area contributed by atoms with Crippen molar-refractivity contribution in [3.63, 3.8) is 0 Å². The van der Waals surface area contributed by atoms with Crippen LogP contribution in [0.1, 0.15) is 28.7 Å². The van der Waals surface area contributed by atoms with E-state index in [-0.39, 0.29) is 0 Å². The van der Waals surface area contributed by atoms with Crippen molar-refractivity contribution < 1.29 is 0 Å². The van der Waals surface area contributed by atoms with Gasteiger partial charge in [-0.2, -0.15) is 5.10 Å². The van der Waals surface area contributed by atoms with Gasteiger partial charge in [0.1, 0.15) is 0 Å². The van der Waals surface area contributed by atoms with Crippen LogP contribution >= 0.6 is 0 Å². The van der Waals surface area contributed by atoms with E-state index in [2.05, 4.69) is 55.3 Å². The predicted molar refractivity (Wildman–Crippen MR) is 95.6 cm³/mol. The molecule has 2 aromatic carbocycles. The third kappa shape index (κ3) is 2.29. The molecule has 0 spiro atoms. The number of rotatable bonds is 2. The van der Waals surface area contributed by atoms with Crippen LogP contribution in [-0.2, 0) is 19.9 Å². The zero-order valence-electron chi connectivity index (χ0n) is 14.1. The predicted octanol–water partition coefficient (Wildman–Crippen LogP) is 4.86. The molecule has 3 aromatic rings. The summed E-state index contributed by atoms with van der Waals surface area (Å²) >= 11 is 0. The summed E-state index contributed by atoms with van der Waals surface area (Å²) in [5.74, 6) is 0. The van der Waals surface area contributed by atoms with Crippen LogP contribution in [0.4, 0.5) is 0 Å². The van der Waals surface area contributed by atoms with Gasteiger partial charge in [0.05, 0.1) is 5.69 Å². The Bertz CT molecular complexity index is 864. The Morgan fingerprint density at radius 3 is 2.48 bits per heavy atom. The Balaban J connectivity index is 1.89. The zero-order chi connectivity index (χ0) is 16.0. The van der Waals surface area contributed by atoms with Gasteiger partial charge in [-0.15, -0.1) is 0 Å². The van der Waals surface area contributed by atoms with Gasteiger partial charge >= 0.3 is 0 Å². The molecule has 0 fully saturated rings. The van der Waals surface area contributed by atoms with Crippen LogP contribution in [0.25, 0.3) is 22.4 Å². The van der Waals surface area contributed by atoms with Crippen LogP contribution < -0.4 is 0 Å². The van der Waals surface area contributed by atoms with Crippen molar-refractivity contribution >= 4 is 0 Å². The lowest BCUT2D eigenvalue weighted by Gasteiger charge is -2.16. The Morgan fingerprint density at radius 1 is 1.00 bits per heavy atom. The minimum atomic E-state index is 1.17. The van der Waals surface area contributed by atoms with Crippen molar-refractivity contribution in [2.45, 2.75) is 33.1 Å². The van der Waals surface area contributed by atoms with E-state index in [0.29, 0.717) is 0 Å². The lowest BCUT2D eigenvalue weighted by molar-refractivity contribution is 0.776. The molecular formula is C21H22N2. The van der Waals surface area contributed by atoms with Gasteiger partial charge in [-0.25, -0.2) is 0 Å². The molecule has 0 saturated carbocycles. The average Bonchev–Trinajstić information content (AvgIpc) is 3.15. The highest BCUT2D eigenvalue weighted by Crippen LogP contribution is 2.37. The highest BCUT2D eigenvalue weighted by atomic mass is 15.2. The first-order valence-electron chi connectivity index (χ1n) is 8.36. The van der Waals surface area contributed by atoms with Gasteiger partial charge in [-0.3, -0.25) is 4.68 Å². The number of hydrogen-bond acceptors (Lipinski definition) is 1. The summed E-state index contributed by atoms with van der Waals surface area (Å²) < 4.78 is 1.94. The molecule has 23 heavy (non-hydrogen) atoms. The van der Waals surface area contributed by atoms with Gasteiger partial charge < -0.3 is 0 Å². The van der Waals surface area contributed by atoms with Gasteiger partial charge in [-0.1, -0.05) is 18.2 Å². The Hall–Kier alpha value is -2.35. The smallest absolute Gasteiger partial charge is 0.0679 e. The first-order valence-corrected chi connectivity index (χ1v) is 8.36. The van der Waals surface area contributed by atoms with Crippen molar-refractivity contribution in [1.82, 2.24) is 9.78 Å². The van der Waals surface area contributed by atoms with Crippen LogP contribution in [-0.4, -0.2) is 9.78 Å². The van der Waals surface area contributed by atoms with Crippen LogP contribution in [0.15, 0.2) is 42.6 Å².